The number of thiazole rings is 1. The maximum absolute atomic E-state index is 13.3. The van der Waals surface area contributed by atoms with Crippen LogP contribution in [0.3, 0.4) is 0 Å². The fourth-order valence-corrected chi connectivity index (χ4v) is 5.22. The van der Waals surface area contributed by atoms with E-state index in [-0.39, 0.29) is 11.8 Å². The molecule has 2 amide bonds. The number of likely N-dealkylation sites (N-methyl/N-ethyl adjacent to an activating group) is 1. The number of benzene rings is 1. The molecule has 1 atom stereocenters. The Balaban J connectivity index is 1.51. The van der Waals surface area contributed by atoms with Gasteiger partial charge in [-0.15, -0.1) is 11.3 Å². The van der Waals surface area contributed by atoms with E-state index < -0.39 is 5.41 Å². The lowest BCUT2D eigenvalue weighted by molar-refractivity contribution is -0.137. The Bertz CT molecular complexity index is 933. The van der Waals surface area contributed by atoms with E-state index in [2.05, 4.69) is 16.9 Å². The van der Waals surface area contributed by atoms with Crippen LogP contribution in [0.1, 0.15) is 28.9 Å². The third kappa shape index (κ3) is 5.60. The van der Waals surface area contributed by atoms with Gasteiger partial charge < -0.3 is 19.4 Å². The van der Waals surface area contributed by atoms with Crippen molar-refractivity contribution in [1.82, 2.24) is 19.7 Å². The van der Waals surface area contributed by atoms with E-state index in [4.69, 9.17) is 16.3 Å². The molecule has 0 radical (unpaired) electrons. The van der Waals surface area contributed by atoms with Gasteiger partial charge in [0.2, 0.25) is 5.91 Å². The van der Waals surface area contributed by atoms with E-state index in [9.17, 15) is 9.59 Å². The van der Waals surface area contributed by atoms with E-state index >= 15 is 0 Å². The minimum Gasteiger partial charge on any atom is -0.493 e. The molecule has 2 fully saturated rings. The molecule has 0 aliphatic carbocycles. The predicted molar refractivity (Wildman–Crippen MR) is 125 cm³/mol. The molecule has 2 aliphatic heterocycles. The Labute approximate surface area is 197 Å². The molecule has 9 heteroatoms. The van der Waals surface area contributed by atoms with Crippen LogP contribution >= 0.6 is 22.9 Å². The van der Waals surface area contributed by atoms with Crippen molar-refractivity contribution < 1.29 is 14.3 Å². The summed E-state index contributed by atoms with van der Waals surface area (Å²) in [6, 6.07) is 7.29. The van der Waals surface area contributed by atoms with Crippen molar-refractivity contribution in [3.8, 4) is 5.75 Å². The average Bonchev–Trinajstić information content (AvgIpc) is 3.33. The van der Waals surface area contributed by atoms with Gasteiger partial charge in [0, 0.05) is 56.1 Å². The highest BCUT2D eigenvalue weighted by Crippen LogP contribution is 2.36. The average molecular weight is 477 g/mol. The topological polar surface area (TPSA) is 66.0 Å². The number of hydrogen-bond donors (Lipinski definition) is 0. The molecule has 172 valence electrons. The number of ether oxygens (including phenoxy) is 1. The van der Waals surface area contributed by atoms with Crippen LogP contribution in [0.5, 0.6) is 5.75 Å². The van der Waals surface area contributed by atoms with Gasteiger partial charge in [-0.05, 0) is 38.1 Å². The van der Waals surface area contributed by atoms with Crippen LogP contribution in [-0.2, 0) is 4.79 Å². The van der Waals surface area contributed by atoms with Gasteiger partial charge in [-0.1, -0.05) is 17.7 Å². The molecule has 2 aliphatic rings. The van der Waals surface area contributed by atoms with Crippen LogP contribution < -0.4 is 4.74 Å². The third-order valence-corrected chi connectivity index (χ3v) is 7.31. The lowest BCUT2D eigenvalue weighted by Crippen LogP contribution is -2.53. The second kappa shape index (κ2) is 10.2. The van der Waals surface area contributed by atoms with Gasteiger partial charge in [0.1, 0.15) is 10.6 Å². The number of piperazine rings is 1. The Morgan fingerprint density at radius 1 is 1.19 bits per heavy atom. The quantitative estimate of drug-likeness (QED) is 0.640. The van der Waals surface area contributed by atoms with Crippen LogP contribution in [0.4, 0.5) is 0 Å². The molecule has 2 saturated heterocycles. The van der Waals surface area contributed by atoms with Gasteiger partial charge in [0.15, 0.2) is 0 Å². The van der Waals surface area contributed by atoms with E-state index in [1.807, 2.05) is 21.9 Å². The second-order valence-electron chi connectivity index (χ2n) is 8.80. The number of amides is 2. The zero-order valence-electron chi connectivity index (χ0n) is 18.3. The lowest BCUT2D eigenvalue weighted by atomic mass is 9.77. The maximum atomic E-state index is 13.3. The summed E-state index contributed by atoms with van der Waals surface area (Å²) in [5.41, 5.74) is 1.23. The summed E-state index contributed by atoms with van der Waals surface area (Å²) < 4.78 is 6.14. The first kappa shape index (κ1) is 23.0. The first-order valence-corrected chi connectivity index (χ1v) is 12.2. The molecule has 0 spiro atoms. The molecular formula is C23H29ClN4O3S. The molecule has 1 aromatic carbocycles. The largest absolute Gasteiger partial charge is 0.493 e. The van der Waals surface area contributed by atoms with Crippen LogP contribution in [0.15, 0.2) is 36.0 Å². The summed E-state index contributed by atoms with van der Waals surface area (Å²) in [5.74, 6) is 0.793. The number of carbonyl (C=O) groups is 2. The molecule has 0 bridgehead atoms. The van der Waals surface area contributed by atoms with Gasteiger partial charge in [0.05, 0.1) is 18.3 Å². The molecule has 1 aromatic heterocycles. The molecule has 4 rings (SSSR count). The van der Waals surface area contributed by atoms with Crippen LogP contribution in [0.2, 0.25) is 5.02 Å². The van der Waals surface area contributed by atoms with E-state index in [1.54, 1.807) is 23.8 Å². The Kier molecular flexibility index (Phi) is 7.33. The van der Waals surface area contributed by atoms with Gasteiger partial charge >= 0.3 is 0 Å². The highest BCUT2D eigenvalue weighted by molar-refractivity contribution is 7.11. The van der Waals surface area contributed by atoms with Crippen molar-refractivity contribution in [3.63, 3.8) is 0 Å². The number of halogens is 1. The fraction of sp³-hybridized carbons (Fsp3) is 0.522. The summed E-state index contributed by atoms with van der Waals surface area (Å²) in [7, 11) is 2.08. The van der Waals surface area contributed by atoms with Crippen LogP contribution in [-0.4, -0.2) is 84.4 Å². The second-order valence-corrected chi connectivity index (χ2v) is 10.1. The van der Waals surface area contributed by atoms with Crippen molar-refractivity contribution in [3.05, 3.63) is 45.9 Å². The summed E-state index contributed by atoms with van der Waals surface area (Å²) in [4.78, 5) is 37.0. The number of carbonyl (C=O) groups excluding carboxylic acids is 2. The SMILES string of the molecule is CN1CCN(C(=O)C[C@@]2(COc3cccc(Cl)c3)CCCN(C(=O)c3cncs3)C2)CC1. The number of aromatic nitrogens is 1. The third-order valence-electron chi connectivity index (χ3n) is 6.32. The zero-order chi connectivity index (χ0) is 22.6. The number of likely N-dealkylation sites (tertiary alicyclic amines) is 1. The molecule has 2 aromatic rings. The fourth-order valence-electron chi connectivity index (χ4n) is 4.45. The monoisotopic (exact) mass is 476 g/mol. The molecule has 7 nitrogen and oxygen atoms in total. The van der Waals surface area contributed by atoms with Crippen molar-refractivity contribution in [1.29, 1.82) is 0 Å². The first-order chi connectivity index (χ1) is 15.4. The van der Waals surface area contributed by atoms with Gasteiger partial charge in [-0.2, -0.15) is 0 Å². The highest BCUT2D eigenvalue weighted by Gasteiger charge is 2.41. The van der Waals surface area contributed by atoms with Gasteiger partial charge in [0.25, 0.3) is 5.91 Å². The van der Waals surface area contributed by atoms with Crippen molar-refractivity contribution in [2.45, 2.75) is 19.3 Å². The van der Waals surface area contributed by atoms with Crippen LogP contribution in [0.25, 0.3) is 0 Å². The first-order valence-electron chi connectivity index (χ1n) is 11.0. The molecule has 3 heterocycles. The number of nitrogens with zero attached hydrogens (tertiary/aromatic N) is 4. The van der Waals surface area contributed by atoms with E-state index in [0.717, 1.165) is 39.0 Å². The van der Waals surface area contributed by atoms with E-state index in [0.29, 0.717) is 41.8 Å². The number of piperidine rings is 1. The minimum absolute atomic E-state index is 0.0219. The molecule has 32 heavy (non-hydrogen) atoms. The summed E-state index contributed by atoms with van der Waals surface area (Å²) in [6.45, 7) is 4.77. The molecular weight excluding hydrogens is 448 g/mol. The van der Waals surface area contributed by atoms with Gasteiger partial charge in [-0.3, -0.25) is 14.6 Å². The Hall–Kier alpha value is -2.16. The van der Waals surface area contributed by atoms with Crippen LogP contribution in [0, 0.1) is 5.41 Å². The van der Waals surface area contributed by atoms with Crippen molar-refractivity contribution in [2.24, 2.45) is 5.41 Å². The standard InChI is InChI=1S/C23H29ClN4O3S/c1-26-8-10-27(11-9-26)21(29)13-23(16-31-19-5-2-4-18(24)12-19)6-3-7-28(15-23)22(30)20-14-25-17-32-20/h2,4-5,12,14,17H,3,6-11,13,15-16H2,1H3/t23-/m0/s1. The van der Waals surface area contributed by atoms with Crippen molar-refractivity contribution in [2.75, 3.05) is 52.9 Å². The summed E-state index contributed by atoms with van der Waals surface area (Å²) in [5, 5.41) is 0.607. The van der Waals surface area contributed by atoms with Crippen molar-refractivity contribution >= 4 is 34.8 Å². The molecule has 0 N–H and O–H groups in total. The number of rotatable bonds is 6. The number of hydrogen-bond acceptors (Lipinski definition) is 6. The molecule has 0 unspecified atom stereocenters. The zero-order valence-corrected chi connectivity index (χ0v) is 19.9. The highest BCUT2D eigenvalue weighted by atomic mass is 35.5. The maximum Gasteiger partial charge on any atom is 0.265 e. The summed E-state index contributed by atoms with van der Waals surface area (Å²) >= 11 is 7.46. The lowest BCUT2D eigenvalue weighted by Gasteiger charge is -2.43. The normalized spacial score (nSPS) is 22.1. The molecule has 0 saturated carbocycles. The predicted octanol–water partition coefficient (Wildman–Crippen LogP) is 3.26. The summed E-state index contributed by atoms with van der Waals surface area (Å²) in [6.07, 6.45) is 3.64. The van der Waals surface area contributed by atoms with Gasteiger partial charge in [-0.25, -0.2) is 0 Å². The Morgan fingerprint density at radius 3 is 2.72 bits per heavy atom. The Morgan fingerprint density at radius 2 is 2.00 bits per heavy atom. The minimum atomic E-state index is -0.443. The van der Waals surface area contributed by atoms with E-state index in [1.165, 1.54) is 11.3 Å². The smallest absolute Gasteiger partial charge is 0.265 e.